The lowest BCUT2D eigenvalue weighted by atomic mass is 10.1. The van der Waals surface area contributed by atoms with Gasteiger partial charge in [-0.05, 0) is 79.6 Å². The fraction of sp³-hybridized carbons (Fsp3) is 0.115. The Morgan fingerprint density at radius 2 is 1.85 bits per heavy atom. The molecule has 0 bridgehead atoms. The Morgan fingerprint density at radius 3 is 2.56 bits per heavy atom. The Bertz CT molecular complexity index is 1330. The van der Waals surface area contributed by atoms with Crippen molar-refractivity contribution in [3.63, 3.8) is 0 Å². The predicted octanol–water partition coefficient (Wildman–Crippen LogP) is 5.75. The van der Waals surface area contributed by atoms with E-state index in [1.807, 2.05) is 13.0 Å². The van der Waals surface area contributed by atoms with Gasteiger partial charge in [0, 0.05) is 10.6 Å². The number of halogens is 2. The average Bonchev–Trinajstić information content (AvgIpc) is 3.18. The topological polar surface area (TPSA) is 74.2 Å². The van der Waals surface area contributed by atoms with Crippen LogP contribution in [0.2, 0.25) is 5.02 Å². The van der Waals surface area contributed by atoms with Crippen LogP contribution in [0.4, 0.5) is 4.39 Å². The third-order valence-electron chi connectivity index (χ3n) is 4.89. The molecule has 0 aliphatic carbocycles. The van der Waals surface area contributed by atoms with Crippen LogP contribution in [0.5, 0.6) is 11.5 Å². The Kier molecular flexibility index (Phi) is 6.75. The minimum absolute atomic E-state index is 0.102. The molecule has 3 aromatic carbocycles. The van der Waals surface area contributed by atoms with Crippen LogP contribution in [0.3, 0.4) is 0 Å². The van der Waals surface area contributed by atoms with E-state index in [-0.39, 0.29) is 22.9 Å². The Labute approximate surface area is 200 Å². The van der Waals surface area contributed by atoms with Gasteiger partial charge in [-0.25, -0.2) is 19.0 Å². The average molecular weight is 480 g/mol. The number of nitrogens with zero attached hydrogens (tertiary/aromatic N) is 1. The number of benzene rings is 3. The van der Waals surface area contributed by atoms with Gasteiger partial charge in [-0.2, -0.15) is 0 Å². The molecule has 0 saturated heterocycles. The van der Waals surface area contributed by atoms with Crippen molar-refractivity contribution in [3.05, 3.63) is 99.5 Å². The number of hydrogen-bond acceptors (Lipinski definition) is 6. The molecule has 0 saturated carbocycles. The zero-order chi connectivity index (χ0) is 24.2. The van der Waals surface area contributed by atoms with Crippen LogP contribution in [-0.2, 0) is 9.53 Å². The zero-order valence-corrected chi connectivity index (χ0v) is 19.1. The zero-order valence-electron chi connectivity index (χ0n) is 18.3. The molecule has 0 fully saturated rings. The lowest BCUT2D eigenvalue weighted by Crippen LogP contribution is -2.09. The molecule has 0 spiro atoms. The van der Waals surface area contributed by atoms with E-state index < -0.39 is 17.8 Å². The number of cyclic esters (lactones) is 1. The van der Waals surface area contributed by atoms with E-state index >= 15 is 0 Å². The first-order valence-electron chi connectivity index (χ1n) is 10.4. The van der Waals surface area contributed by atoms with Crippen molar-refractivity contribution in [2.45, 2.75) is 13.8 Å². The molecule has 1 aliphatic heterocycles. The number of carbonyl (C=O) groups excluding carboxylic acids is 2. The molecule has 3 aromatic rings. The SMILES string of the molecule is CCOc1cc(/C=C2\N=C(c3ccc(C)c(Cl)c3)OC2=O)ccc1OC(=O)c1ccc(F)cc1. The monoisotopic (exact) mass is 479 g/mol. The Hall–Kier alpha value is -3.97. The lowest BCUT2D eigenvalue weighted by Gasteiger charge is -2.11. The lowest BCUT2D eigenvalue weighted by molar-refractivity contribution is -0.129. The highest BCUT2D eigenvalue weighted by molar-refractivity contribution is 6.31. The van der Waals surface area contributed by atoms with Gasteiger partial charge in [0.05, 0.1) is 12.2 Å². The van der Waals surface area contributed by atoms with Crippen molar-refractivity contribution in [2.75, 3.05) is 6.61 Å². The predicted molar refractivity (Wildman–Crippen MR) is 126 cm³/mol. The quantitative estimate of drug-likeness (QED) is 0.256. The van der Waals surface area contributed by atoms with Gasteiger partial charge >= 0.3 is 11.9 Å². The van der Waals surface area contributed by atoms with Crippen molar-refractivity contribution in [1.29, 1.82) is 0 Å². The van der Waals surface area contributed by atoms with Gasteiger partial charge in [-0.1, -0.05) is 23.7 Å². The van der Waals surface area contributed by atoms with E-state index in [1.165, 1.54) is 24.3 Å². The number of aryl methyl sites for hydroxylation is 1. The summed E-state index contributed by atoms with van der Waals surface area (Å²) in [5, 5.41) is 0.542. The number of rotatable bonds is 6. The summed E-state index contributed by atoms with van der Waals surface area (Å²) in [7, 11) is 0. The summed E-state index contributed by atoms with van der Waals surface area (Å²) in [6.07, 6.45) is 1.54. The molecule has 8 heteroatoms. The highest BCUT2D eigenvalue weighted by atomic mass is 35.5. The fourth-order valence-electron chi connectivity index (χ4n) is 3.13. The molecule has 1 aliphatic rings. The van der Waals surface area contributed by atoms with Gasteiger partial charge in [0.15, 0.2) is 17.2 Å². The first-order valence-corrected chi connectivity index (χ1v) is 10.8. The van der Waals surface area contributed by atoms with Crippen molar-refractivity contribution in [2.24, 2.45) is 4.99 Å². The summed E-state index contributed by atoms with van der Waals surface area (Å²) in [5.41, 5.74) is 2.37. The normalized spacial score (nSPS) is 14.1. The second-order valence-electron chi connectivity index (χ2n) is 7.34. The maximum atomic E-state index is 13.1. The minimum Gasteiger partial charge on any atom is -0.490 e. The van der Waals surface area contributed by atoms with Crippen LogP contribution < -0.4 is 9.47 Å². The van der Waals surface area contributed by atoms with Crippen molar-refractivity contribution in [1.82, 2.24) is 0 Å². The molecular formula is C26H19ClFNO5. The van der Waals surface area contributed by atoms with Gasteiger partial charge in [-0.15, -0.1) is 0 Å². The van der Waals surface area contributed by atoms with Crippen LogP contribution in [0, 0.1) is 12.7 Å². The summed E-state index contributed by atoms with van der Waals surface area (Å²) in [6, 6.07) is 15.1. The number of carbonyl (C=O) groups is 2. The maximum Gasteiger partial charge on any atom is 0.363 e. The molecule has 0 atom stereocenters. The number of hydrogen-bond donors (Lipinski definition) is 0. The van der Waals surface area contributed by atoms with Gasteiger partial charge in [0.1, 0.15) is 5.82 Å². The first-order chi connectivity index (χ1) is 16.3. The number of esters is 2. The smallest absolute Gasteiger partial charge is 0.363 e. The van der Waals surface area contributed by atoms with Crippen LogP contribution >= 0.6 is 11.6 Å². The van der Waals surface area contributed by atoms with Crippen molar-refractivity contribution < 1.29 is 28.2 Å². The molecule has 1 heterocycles. The van der Waals surface area contributed by atoms with E-state index in [2.05, 4.69) is 4.99 Å². The molecule has 6 nitrogen and oxygen atoms in total. The van der Waals surface area contributed by atoms with Crippen LogP contribution in [0.1, 0.15) is 34.0 Å². The summed E-state index contributed by atoms with van der Waals surface area (Å²) >= 11 is 6.16. The van der Waals surface area contributed by atoms with E-state index in [4.69, 9.17) is 25.8 Å². The van der Waals surface area contributed by atoms with Gasteiger partial charge in [0.25, 0.3) is 0 Å². The minimum atomic E-state index is -0.655. The third kappa shape index (κ3) is 5.15. The third-order valence-corrected chi connectivity index (χ3v) is 5.30. The van der Waals surface area contributed by atoms with Crippen LogP contribution in [0.25, 0.3) is 6.08 Å². The number of ether oxygens (including phenoxy) is 3. The fourth-order valence-corrected chi connectivity index (χ4v) is 3.31. The highest BCUT2D eigenvalue weighted by Gasteiger charge is 2.25. The van der Waals surface area contributed by atoms with Crippen molar-refractivity contribution >= 4 is 35.5 Å². The standard InChI is InChI=1S/C26H19ClFNO5/c1-3-32-23-13-16(5-11-22(23)33-25(30)17-7-9-19(28)10-8-17)12-21-26(31)34-24(29-21)18-6-4-15(2)20(27)14-18/h4-14H,3H2,1-2H3/b21-12-. The first kappa shape index (κ1) is 23.2. The largest absolute Gasteiger partial charge is 0.490 e. The molecule has 0 radical (unpaired) electrons. The van der Waals surface area contributed by atoms with Gasteiger partial charge < -0.3 is 14.2 Å². The second kappa shape index (κ2) is 9.89. The molecule has 0 amide bonds. The highest BCUT2D eigenvalue weighted by Crippen LogP contribution is 2.31. The summed E-state index contributed by atoms with van der Waals surface area (Å²) in [5.74, 6) is -1.06. The molecule has 34 heavy (non-hydrogen) atoms. The summed E-state index contributed by atoms with van der Waals surface area (Å²) < 4.78 is 29.4. The van der Waals surface area contributed by atoms with Crippen LogP contribution in [-0.4, -0.2) is 24.4 Å². The Morgan fingerprint density at radius 1 is 1.09 bits per heavy atom. The number of aliphatic imine (C=N–C) groups is 1. The molecule has 0 N–H and O–H groups in total. The Balaban J connectivity index is 1.59. The molecule has 0 unspecified atom stereocenters. The van der Waals surface area contributed by atoms with E-state index in [0.717, 1.165) is 5.56 Å². The maximum absolute atomic E-state index is 13.1. The molecule has 4 rings (SSSR count). The molecule has 0 aromatic heterocycles. The molecule has 172 valence electrons. The van der Waals surface area contributed by atoms with E-state index in [9.17, 15) is 14.0 Å². The van der Waals surface area contributed by atoms with Crippen LogP contribution in [0.15, 0.2) is 71.4 Å². The van der Waals surface area contributed by atoms with Gasteiger partial charge in [-0.3, -0.25) is 0 Å². The van der Waals surface area contributed by atoms with E-state index in [0.29, 0.717) is 28.5 Å². The summed E-state index contributed by atoms with van der Waals surface area (Å²) in [4.78, 5) is 29.0. The van der Waals surface area contributed by atoms with Gasteiger partial charge in [0.2, 0.25) is 5.90 Å². The van der Waals surface area contributed by atoms with E-state index in [1.54, 1.807) is 43.3 Å². The molecular weight excluding hydrogens is 461 g/mol. The van der Waals surface area contributed by atoms with Crippen molar-refractivity contribution in [3.8, 4) is 11.5 Å². The second-order valence-corrected chi connectivity index (χ2v) is 7.74. The summed E-state index contributed by atoms with van der Waals surface area (Å²) in [6.45, 7) is 3.98.